The van der Waals surface area contributed by atoms with Crippen molar-refractivity contribution in [3.63, 3.8) is 0 Å². The maximum Gasteiger partial charge on any atom is 0.146 e. The van der Waals surface area contributed by atoms with E-state index in [1.165, 1.54) is 6.07 Å². The van der Waals surface area contributed by atoms with Crippen LogP contribution in [-0.2, 0) is 0 Å². The molecule has 1 aromatic rings. The molecule has 52 valence electrons. The van der Waals surface area contributed by atoms with Gasteiger partial charge in [0.05, 0.1) is 5.69 Å². The predicted octanol–water partition coefficient (Wildman–Crippen LogP) is -0.0253. The van der Waals surface area contributed by atoms with Crippen molar-refractivity contribution in [1.82, 2.24) is 0 Å². The number of aryl methyl sites for hydroxylation is 1. The zero-order valence-corrected chi connectivity index (χ0v) is 6.11. The molecule has 0 aliphatic rings. The average Bonchev–Trinajstić information content (AvgIpc) is 1.84. The Morgan fingerprint density at radius 2 is 2.10 bits per heavy atom. The molecule has 1 aromatic carbocycles. The molecule has 0 aliphatic carbocycles. The van der Waals surface area contributed by atoms with Crippen LogP contribution >= 0.6 is 0 Å². The minimum Gasteiger partial charge on any atom is -0.396 e. The van der Waals surface area contributed by atoms with Crippen LogP contribution in [0.15, 0.2) is 12.1 Å². The van der Waals surface area contributed by atoms with E-state index in [-0.39, 0.29) is 11.5 Å². The molecule has 0 unspecified atom stereocenters. The maximum atomic E-state index is 12.6. The highest BCUT2D eigenvalue weighted by molar-refractivity contribution is 6.33. The number of halogens is 1. The first-order chi connectivity index (χ1) is 4.61. The number of rotatable bonds is 0. The van der Waals surface area contributed by atoms with Crippen molar-refractivity contribution < 1.29 is 4.39 Å². The highest BCUT2D eigenvalue weighted by Gasteiger charge is 1.99. The Kier molecular flexibility index (Phi) is 1.66. The summed E-state index contributed by atoms with van der Waals surface area (Å²) in [6.07, 6.45) is 0. The van der Waals surface area contributed by atoms with Crippen LogP contribution in [0, 0.1) is 12.7 Å². The molecular weight excluding hydrogens is 128 g/mol. The van der Waals surface area contributed by atoms with Gasteiger partial charge in [-0.3, -0.25) is 0 Å². The van der Waals surface area contributed by atoms with Gasteiger partial charge in [-0.05, 0) is 19.1 Å². The summed E-state index contributed by atoms with van der Waals surface area (Å²) < 4.78 is 12.6. The normalized spacial score (nSPS) is 9.80. The molecule has 0 radical (unpaired) electrons. The van der Waals surface area contributed by atoms with Crippen molar-refractivity contribution in [1.29, 1.82) is 0 Å². The third kappa shape index (κ3) is 1.13. The summed E-state index contributed by atoms with van der Waals surface area (Å²) in [6, 6.07) is 3.09. The van der Waals surface area contributed by atoms with Crippen LogP contribution in [0.5, 0.6) is 0 Å². The fourth-order valence-electron chi connectivity index (χ4n) is 0.803. The van der Waals surface area contributed by atoms with Gasteiger partial charge in [0, 0.05) is 0 Å². The first-order valence-electron chi connectivity index (χ1n) is 3.13. The van der Waals surface area contributed by atoms with Crippen LogP contribution < -0.4 is 11.2 Å². The van der Waals surface area contributed by atoms with Gasteiger partial charge in [-0.1, -0.05) is 11.0 Å². The Balaban J connectivity index is 3.28. The molecule has 0 spiro atoms. The first kappa shape index (κ1) is 7.13. The van der Waals surface area contributed by atoms with Gasteiger partial charge in [0.1, 0.15) is 13.7 Å². The second kappa shape index (κ2) is 2.33. The van der Waals surface area contributed by atoms with Crippen LogP contribution in [0.25, 0.3) is 0 Å². The smallest absolute Gasteiger partial charge is 0.146 e. The van der Waals surface area contributed by atoms with Gasteiger partial charge in [-0.2, -0.15) is 0 Å². The summed E-state index contributed by atoms with van der Waals surface area (Å²) in [6.45, 7) is 1.86. The van der Waals surface area contributed by atoms with Crippen LogP contribution in [0.1, 0.15) is 5.56 Å². The second-order valence-corrected chi connectivity index (χ2v) is 2.46. The molecule has 0 amide bonds. The zero-order chi connectivity index (χ0) is 7.72. The zero-order valence-electron chi connectivity index (χ0n) is 6.11. The van der Waals surface area contributed by atoms with E-state index in [2.05, 4.69) is 0 Å². The lowest BCUT2D eigenvalue weighted by molar-refractivity contribution is 0.632. The minimum atomic E-state index is -0.330. The van der Waals surface area contributed by atoms with Crippen molar-refractivity contribution >= 4 is 19.0 Å². The molecule has 3 heteroatoms. The summed E-state index contributed by atoms with van der Waals surface area (Å²) in [7, 11) is 1.91. The van der Waals surface area contributed by atoms with E-state index in [0.717, 1.165) is 11.0 Å². The van der Waals surface area contributed by atoms with E-state index < -0.39 is 0 Å². The summed E-state index contributed by atoms with van der Waals surface area (Å²) in [5.41, 5.74) is 7.50. The summed E-state index contributed by atoms with van der Waals surface area (Å²) in [5.74, 6) is -0.330. The van der Waals surface area contributed by atoms with Gasteiger partial charge in [-0.25, -0.2) is 4.39 Å². The van der Waals surface area contributed by atoms with Crippen molar-refractivity contribution in [2.75, 3.05) is 5.73 Å². The molecule has 0 aliphatic heterocycles. The van der Waals surface area contributed by atoms with Gasteiger partial charge >= 0.3 is 0 Å². The molecule has 0 aromatic heterocycles. The largest absolute Gasteiger partial charge is 0.396 e. The van der Waals surface area contributed by atoms with Crippen molar-refractivity contribution in [2.45, 2.75) is 6.92 Å². The Morgan fingerprint density at radius 3 is 2.60 bits per heavy atom. The predicted molar refractivity (Wildman–Crippen MR) is 43.7 cm³/mol. The lowest BCUT2D eigenvalue weighted by Crippen LogP contribution is -2.09. The number of nitrogens with two attached hydrogens (primary N) is 1. The van der Waals surface area contributed by atoms with Crippen molar-refractivity contribution in [3.8, 4) is 0 Å². The monoisotopic (exact) mass is 137 g/mol. The standard InChI is InChI=1S/C7H9BFN/c1-4-2-6(9)7(10)3-5(4)8/h2-3H,8,10H2,1H3. The quantitative estimate of drug-likeness (QED) is 0.394. The molecule has 0 fully saturated rings. The Labute approximate surface area is 60.5 Å². The van der Waals surface area contributed by atoms with Crippen LogP contribution in [0.3, 0.4) is 0 Å². The summed E-state index contributed by atoms with van der Waals surface area (Å²) in [5, 5.41) is 0. The lowest BCUT2D eigenvalue weighted by atomic mass is 9.91. The molecule has 0 atom stereocenters. The fraction of sp³-hybridized carbons (Fsp3) is 0.143. The number of benzene rings is 1. The SMILES string of the molecule is Bc1cc(N)c(F)cc1C. The summed E-state index contributed by atoms with van der Waals surface area (Å²) >= 11 is 0. The van der Waals surface area contributed by atoms with Crippen molar-refractivity contribution in [2.24, 2.45) is 0 Å². The molecule has 2 N–H and O–H groups in total. The topological polar surface area (TPSA) is 26.0 Å². The van der Waals surface area contributed by atoms with Crippen molar-refractivity contribution in [3.05, 3.63) is 23.5 Å². The molecular formula is C7H9BFN. The first-order valence-corrected chi connectivity index (χ1v) is 3.13. The molecule has 0 heterocycles. The van der Waals surface area contributed by atoms with Crippen LogP contribution in [0.2, 0.25) is 0 Å². The second-order valence-electron chi connectivity index (χ2n) is 2.46. The van der Waals surface area contributed by atoms with Crippen LogP contribution in [-0.4, -0.2) is 7.85 Å². The Hall–Kier alpha value is -0.985. The van der Waals surface area contributed by atoms with E-state index in [4.69, 9.17) is 5.73 Å². The molecule has 0 bridgehead atoms. The highest BCUT2D eigenvalue weighted by Crippen LogP contribution is 2.07. The number of nitrogen functional groups attached to an aromatic ring is 1. The van der Waals surface area contributed by atoms with E-state index in [1.54, 1.807) is 6.07 Å². The fourth-order valence-corrected chi connectivity index (χ4v) is 0.803. The van der Waals surface area contributed by atoms with E-state index in [9.17, 15) is 4.39 Å². The van der Waals surface area contributed by atoms with Gasteiger partial charge < -0.3 is 5.73 Å². The number of hydrogen-bond acceptors (Lipinski definition) is 1. The average molecular weight is 137 g/mol. The van der Waals surface area contributed by atoms with Gasteiger partial charge in [-0.15, -0.1) is 0 Å². The maximum absolute atomic E-state index is 12.6. The van der Waals surface area contributed by atoms with E-state index in [0.29, 0.717) is 0 Å². The van der Waals surface area contributed by atoms with Gasteiger partial charge in [0.15, 0.2) is 0 Å². The number of hydrogen-bond donors (Lipinski definition) is 1. The molecule has 1 rings (SSSR count). The summed E-state index contributed by atoms with van der Waals surface area (Å²) in [4.78, 5) is 0. The Morgan fingerprint density at radius 1 is 1.50 bits per heavy atom. The number of anilines is 1. The third-order valence-corrected chi connectivity index (χ3v) is 1.61. The van der Waals surface area contributed by atoms with Crippen LogP contribution in [0.4, 0.5) is 10.1 Å². The molecule has 10 heavy (non-hydrogen) atoms. The Bertz CT molecular complexity index is 210. The molecule has 0 saturated carbocycles. The molecule has 1 nitrogen and oxygen atoms in total. The van der Waals surface area contributed by atoms with Gasteiger partial charge in [0.25, 0.3) is 0 Å². The highest BCUT2D eigenvalue weighted by atomic mass is 19.1. The van der Waals surface area contributed by atoms with E-state index >= 15 is 0 Å². The lowest BCUT2D eigenvalue weighted by Gasteiger charge is -2.01. The van der Waals surface area contributed by atoms with Gasteiger partial charge in [0.2, 0.25) is 0 Å². The van der Waals surface area contributed by atoms with E-state index in [1.807, 2.05) is 14.8 Å². The third-order valence-electron chi connectivity index (χ3n) is 1.61. The minimum absolute atomic E-state index is 0.225. The molecule has 0 saturated heterocycles.